The third kappa shape index (κ3) is 14.7. The molecule has 0 saturated heterocycles. The molecule has 0 spiro atoms. The van der Waals surface area contributed by atoms with E-state index in [1.54, 1.807) is 0 Å². The fourth-order valence-corrected chi connectivity index (χ4v) is 20.5. The van der Waals surface area contributed by atoms with Crippen molar-refractivity contribution in [1.29, 1.82) is 0 Å². The Balaban J connectivity index is 0.000000131. The van der Waals surface area contributed by atoms with Gasteiger partial charge in [0, 0.05) is 34.9 Å². The number of hydrogen-bond acceptors (Lipinski definition) is 0. The quantitative estimate of drug-likeness (QED) is 0.128. The van der Waals surface area contributed by atoms with Gasteiger partial charge in [0.2, 0.25) is 17.1 Å². The van der Waals surface area contributed by atoms with E-state index < -0.39 is 0 Å². The molecule has 0 N–H and O–H groups in total. The van der Waals surface area contributed by atoms with Crippen molar-refractivity contribution in [2.45, 2.75) is 214 Å². The Bertz CT molecular complexity index is 5640. The first kappa shape index (κ1) is 75.8. The summed E-state index contributed by atoms with van der Waals surface area (Å²) in [4.78, 5) is 0. The summed E-state index contributed by atoms with van der Waals surface area (Å²) in [5.41, 5.74) is 54.3. The minimum atomic E-state index is 0.290. The Kier molecular flexibility index (Phi) is 20.4. The van der Waals surface area contributed by atoms with Crippen molar-refractivity contribution in [2.75, 3.05) is 0 Å². The van der Waals surface area contributed by atoms with Crippen LogP contribution in [0.5, 0.6) is 0 Å². The summed E-state index contributed by atoms with van der Waals surface area (Å²) in [5, 5.41) is 0. The van der Waals surface area contributed by atoms with Gasteiger partial charge in [-0.25, -0.2) is 13.7 Å². The lowest BCUT2D eigenvalue weighted by Gasteiger charge is -2.34. The van der Waals surface area contributed by atoms with E-state index in [9.17, 15) is 0 Å². The van der Waals surface area contributed by atoms with Crippen LogP contribution in [0.4, 0.5) is 0 Å². The van der Waals surface area contributed by atoms with Crippen molar-refractivity contribution in [2.24, 2.45) is 37.4 Å². The Morgan fingerprint density at radius 1 is 0.300 bits per heavy atom. The zero-order valence-electron chi connectivity index (χ0n) is 70.4. The lowest BCUT2D eigenvalue weighted by molar-refractivity contribution is -0.660. The predicted octanol–water partition coefficient (Wildman–Crippen LogP) is 26.6. The summed E-state index contributed by atoms with van der Waals surface area (Å²) >= 11 is 0. The number of rotatable bonds is 9. The summed E-state index contributed by atoms with van der Waals surface area (Å²) in [6.07, 6.45) is 21.7. The highest BCUT2D eigenvalue weighted by Crippen LogP contribution is 2.51. The Labute approximate surface area is 660 Å². The molecule has 3 heterocycles. The zero-order valence-corrected chi connectivity index (χ0v) is 70.4. The van der Waals surface area contributed by atoms with Gasteiger partial charge in [0.25, 0.3) is 0 Å². The van der Waals surface area contributed by atoms with Crippen LogP contribution < -0.4 is 13.7 Å². The Morgan fingerprint density at radius 3 is 1.03 bits per heavy atom. The first-order chi connectivity index (χ1) is 52.4. The molecule has 0 bridgehead atoms. The number of nitrogens with zero attached hydrogens (tertiary/aromatic N) is 3. The van der Waals surface area contributed by atoms with Crippen LogP contribution in [-0.4, -0.2) is 0 Å². The highest BCUT2D eigenvalue weighted by Gasteiger charge is 2.35. The van der Waals surface area contributed by atoms with E-state index in [2.05, 4.69) is 348 Å². The van der Waals surface area contributed by atoms with Gasteiger partial charge in [-0.2, -0.15) is 0 Å². The van der Waals surface area contributed by atoms with E-state index in [1.807, 2.05) is 0 Å². The van der Waals surface area contributed by atoms with Gasteiger partial charge in [0.1, 0.15) is 21.1 Å². The molecule has 560 valence electrons. The molecular formula is C107H120N3+3. The molecular weight excluding hydrogens is 1330 g/mol. The lowest BCUT2D eigenvalue weighted by Crippen LogP contribution is -2.32. The summed E-state index contributed by atoms with van der Waals surface area (Å²) in [5.74, 6) is 1.42. The van der Waals surface area contributed by atoms with E-state index in [4.69, 9.17) is 0 Å². The van der Waals surface area contributed by atoms with Gasteiger partial charge in [0.15, 0.2) is 18.6 Å². The van der Waals surface area contributed by atoms with Crippen LogP contribution in [-0.2, 0) is 46.8 Å². The fourth-order valence-electron chi connectivity index (χ4n) is 20.5. The van der Waals surface area contributed by atoms with E-state index in [0.29, 0.717) is 28.1 Å². The first-order valence-electron chi connectivity index (χ1n) is 41.3. The van der Waals surface area contributed by atoms with Gasteiger partial charge in [-0.05, 0) is 343 Å². The maximum atomic E-state index is 2.48. The van der Waals surface area contributed by atoms with Crippen LogP contribution in [0.25, 0.3) is 101 Å². The number of pyridine rings is 3. The van der Waals surface area contributed by atoms with Crippen molar-refractivity contribution in [3.8, 4) is 101 Å². The van der Waals surface area contributed by atoms with Crippen LogP contribution in [0.15, 0.2) is 188 Å². The average Bonchev–Trinajstić information content (AvgIpc) is 1.63. The molecule has 2 fully saturated rings. The molecule has 3 aromatic heterocycles. The Hall–Kier alpha value is -9.57. The van der Waals surface area contributed by atoms with Crippen molar-refractivity contribution in [3.05, 3.63) is 300 Å². The highest BCUT2D eigenvalue weighted by molar-refractivity contribution is 5.91. The molecule has 2 saturated carbocycles. The zero-order chi connectivity index (χ0) is 77.7. The van der Waals surface area contributed by atoms with Crippen LogP contribution in [0.3, 0.4) is 0 Å². The van der Waals surface area contributed by atoms with Crippen LogP contribution in [0, 0.1) is 92.4 Å². The topological polar surface area (TPSA) is 11.6 Å². The molecule has 0 unspecified atom stereocenters. The molecule has 5 aliphatic rings. The fraction of sp³-hybridized carbons (Fsp3) is 0.355. The molecule has 3 heteroatoms. The molecule has 0 atom stereocenters. The second kappa shape index (κ2) is 29.6. The standard InChI is InChI=1S/C37H42N.C36H40N.C34H38N/c1-23-19-28(27-14-16-37(5,6)17-15-27)12-13-30(23)32-21-34(38(7)22-26(32)4)36-25(3)18-24(2)35-31-11-9-8-10-29(31)20-33(35)36;1-23-11-13-31-30-10-8-7-9-28(30)20-33(31)35(23)34-21-32(25(3)22-37(34)6)29-14-12-27(19-24(29)2)26-15-17-36(4,5)18-16-26;1-21-16-25(19-34(5,6)7)13-14-27(21)29-18-31(35(8)20-24(29)4)33-23(3)15-22(2)32-28-12-10-9-11-26(28)17-30(32)33/h8-13,18-19,21-22,27H,14-17,20H2,1-7H3;7-14,19,21-22,26H,15-18,20H2,1-6H3;9-16,18,20H,17,19H2,1-8H3/q3*+1. The molecule has 3 nitrogen and oxygen atoms in total. The molecule has 0 amide bonds. The molecule has 9 aromatic carbocycles. The largest absolute Gasteiger partial charge is 0.213 e. The van der Waals surface area contributed by atoms with Crippen molar-refractivity contribution < 1.29 is 13.7 Å². The number of hydrogen-bond donors (Lipinski definition) is 0. The predicted molar refractivity (Wildman–Crippen MR) is 465 cm³/mol. The summed E-state index contributed by atoms with van der Waals surface area (Å²) in [6.45, 7) is 41.6. The number of benzene rings is 9. The molecule has 12 aromatic rings. The smallest absolute Gasteiger partial charge is 0.201 e. The molecule has 17 rings (SSSR count). The summed E-state index contributed by atoms with van der Waals surface area (Å²) < 4.78 is 6.99. The average molecular weight is 1450 g/mol. The van der Waals surface area contributed by atoms with E-state index in [1.165, 1.54) is 263 Å². The molecule has 5 aliphatic carbocycles. The van der Waals surface area contributed by atoms with Crippen molar-refractivity contribution in [1.82, 2.24) is 0 Å². The third-order valence-corrected chi connectivity index (χ3v) is 26.4. The van der Waals surface area contributed by atoms with Crippen LogP contribution in [0.1, 0.15) is 223 Å². The van der Waals surface area contributed by atoms with Crippen LogP contribution >= 0.6 is 0 Å². The van der Waals surface area contributed by atoms with E-state index >= 15 is 0 Å². The van der Waals surface area contributed by atoms with Gasteiger partial charge < -0.3 is 0 Å². The normalized spacial score (nSPS) is 15.2. The minimum absolute atomic E-state index is 0.290. The van der Waals surface area contributed by atoms with Gasteiger partial charge in [-0.1, -0.05) is 200 Å². The summed E-state index contributed by atoms with van der Waals surface area (Å²) in [7, 11) is 6.60. The van der Waals surface area contributed by atoms with Gasteiger partial charge >= 0.3 is 0 Å². The molecule has 0 aliphatic heterocycles. The lowest BCUT2D eigenvalue weighted by atomic mass is 9.71. The SMILES string of the molecule is Cc1cc(C2CCC(C)(C)CC2)ccc1-c1cc(-c2c(C)cc(C)c3c2Cc2ccccc2-3)[n+](C)cc1C.Cc1cc(C2CCC(C)(C)CC2)ccc1-c1cc(-c2c(C)ccc3c2Cc2ccccc2-3)[n+](C)cc1C.Cc1cc(CC(C)(C)C)ccc1-c1cc(-c2c(C)cc(C)c3c2Cc2ccccc2-3)[n+](C)cc1C. The van der Waals surface area contributed by atoms with Crippen molar-refractivity contribution in [3.63, 3.8) is 0 Å². The van der Waals surface area contributed by atoms with Gasteiger partial charge in [-0.15, -0.1) is 0 Å². The van der Waals surface area contributed by atoms with E-state index in [0.717, 1.165) is 25.7 Å². The Morgan fingerprint density at radius 2 is 0.636 bits per heavy atom. The second-order valence-corrected chi connectivity index (χ2v) is 37.3. The van der Waals surface area contributed by atoms with Gasteiger partial charge in [-0.3, -0.25) is 0 Å². The maximum Gasteiger partial charge on any atom is 0.213 e. The van der Waals surface area contributed by atoms with Crippen molar-refractivity contribution >= 4 is 0 Å². The van der Waals surface area contributed by atoms with Gasteiger partial charge in [0.05, 0.1) is 16.7 Å². The number of aromatic nitrogens is 3. The molecule has 110 heavy (non-hydrogen) atoms. The first-order valence-corrected chi connectivity index (χ1v) is 41.3. The van der Waals surface area contributed by atoms with Crippen LogP contribution in [0.2, 0.25) is 0 Å². The summed E-state index contributed by atoms with van der Waals surface area (Å²) in [6, 6.07) is 65.1. The van der Waals surface area contributed by atoms with E-state index in [-0.39, 0.29) is 0 Å². The minimum Gasteiger partial charge on any atom is -0.201 e. The second-order valence-electron chi connectivity index (χ2n) is 37.3. The number of aryl methyl sites for hydroxylation is 14. The third-order valence-electron chi connectivity index (χ3n) is 26.4. The highest BCUT2D eigenvalue weighted by atomic mass is 14.9. The monoisotopic (exact) mass is 1450 g/mol. The maximum absolute atomic E-state index is 2.48. The molecule has 0 radical (unpaired) electrons. The number of fused-ring (bicyclic) bond motifs is 9.